The quantitative estimate of drug-likeness (QED) is 0.877. The fourth-order valence-corrected chi connectivity index (χ4v) is 2.47. The first-order valence-corrected chi connectivity index (χ1v) is 8.21. The lowest BCUT2D eigenvalue weighted by Gasteiger charge is -2.20. The van der Waals surface area contributed by atoms with Crippen molar-refractivity contribution in [2.24, 2.45) is 0 Å². The number of likely N-dealkylation sites (N-methyl/N-ethyl adjacent to an activating group) is 1. The van der Waals surface area contributed by atoms with Crippen LogP contribution in [0.2, 0.25) is 0 Å². The Kier molecular flexibility index (Phi) is 5.75. The number of hydrogen-bond donors (Lipinski definition) is 2. The van der Waals surface area contributed by atoms with Crippen LogP contribution in [0, 0.1) is 11.6 Å². The highest BCUT2D eigenvalue weighted by Gasteiger charge is 2.24. The topological polar surface area (TPSA) is 58.2 Å². The van der Waals surface area contributed by atoms with E-state index in [-0.39, 0.29) is 11.0 Å². The predicted molar refractivity (Wildman–Crippen MR) is 95.8 cm³/mol. The Balaban J connectivity index is 2.26. The van der Waals surface area contributed by atoms with Crippen LogP contribution in [-0.4, -0.2) is 18.9 Å². The summed E-state index contributed by atoms with van der Waals surface area (Å²) >= 11 is 0. The molecular formula is C20H22F2N2O2. The second kappa shape index (κ2) is 7.64. The number of carbonyl (C=O) groups is 2. The molecule has 2 amide bonds. The van der Waals surface area contributed by atoms with Crippen molar-refractivity contribution in [3.8, 4) is 0 Å². The third kappa shape index (κ3) is 4.45. The Morgan fingerprint density at radius 1 is 0.962 bits per heavy atom. The fraction of sp³-hybridized carbons (Fsp3) is 0.300. The molecule has 0 spiro atoms. The molecule has 0 saturated heterocycles. The second-order valence-electron chi connectivity index (χ2n) is 7.02. The minimum Gasteiger partial charge on any atom is -0.357 e. The molecule has 6 heteroatoms. The van der Waals surface area contributed by atoms with E-state index < -0.39 is 29.5 Å². The summed E-state index contributed by atoms with van der Waals surface area (Å²) < 4.78 is 26.6. The summed E-state index contributed by atoms with van der Waals surface area (Å²) in [6.45, 7) is 6.19. The van der Waals surface area contributed by atoms with E-state index in [2.05, 4.69) is 31.4 Å². The lowest BCUT2D eigenvalue weighted by Crippen LogP contribution is -2.39. The van der Waals surface area contributed by atoms with Crippen molar-refractivity contribution in [2.45, 2.75) is 32.2 Å². The molecule has 2 N–H and O–H groups in total. The van der Waals surface area contributed by atoms with E-state index in [9.17, 15) is 18.4 Å². The van der Waals surface area contributed by atoms with Crippen LogP contribution < -0.4 is 10.6 Å². The summed E-state index contributed by atoms with van der Waals surface area (Å²) in [5.41, 5.74) is 1.54. The highest BCUT2D eigenvalue weighted by molar-refractivity contribution is 5.97. The van der Waals surface area contributed by atoms with Crippen molar-refractivity contribution in [1.29, 1.82) is 0 Å². The van der Waals surface area contributed by atoms with Crippen molar-refractivity contribution in [2.75, 3.05) is 7.05 Å². The van der Waals surface area contributed by atoms with Crippen LogP contribution in [0.15, 0.2) is 42.5 Å². The smallest absolute Gasteiger partial charge is 0.252 e. The predicted octanol–water partition coefficient (Wildman–Crippen LogP) is 3.48. The molecule has 1 atom stereocenters. The standard InChI is InChI=1S/C20H22F2N2O2/c1-20(2,3)14-8-5-12(6-9-14)18(25)24-17(19(26)23-4)13-7-10-15(21)16(22)11-13/h5-11,17H,1-4H3,(H,23,26)(H,24,25). The van der Waals surface area contributed by atoms with Crippen molar-refractivity contribution >= 4 is 11.8 Å². The van der Waals surface area contributed by atoms with Crippen LogP contribution in [-0.2, 0) is 10.2 Å². The highest BCUT2D eigenvalue weighted by atomic mass is 19.2. The number of amides is 2. The zero-order chi connectivity index (χ0) is 19.5. The Labute approximate surface area is 151 Å². The van der Waals surface area contributed by atoms with Gasteiger partial charge in [-0.05, 0) is 40.8 Å². The van der Waals surface area contributed by atoms with Crippen LogP contribution >= 0.6 is 0 Å². The van der Waals surface area contributed by atoms with Gasteiger partial charge >= 0.3 is 0 Å². The molecule has 0 radical (unpaired) electrons. The largest absolute Gasteiger partial charge is 0.357 e. The molecule has 0 aliphatic rings. The molecule has 0 bridgehead atoms. The van der Waals surface area contributed by atoms with Crippen LogP contribution in [0.1, 0.15) is 48.3 Å². The molecule has 2 aromatic carbocycles. The lowest BCUT2D eigenvalue weighted by atomic mass is 9.86. The third-order valence-electron chi connectivity index (χ3n) is 4.07. The van der Waals surface area contributed by atoms with Gasteiger partial charge in [0.2, 0.25) is 5.91 Å². The van der Waals surface area contributed by atoms with Gasteiger partial charge in [-0.3, -0.25) is 9.59 Å². The van der Waals surface area contributed by atoms with Gasteiger partial charge in [0.1, 0.15) is 6.04 Å². The molecular weight excluding hydrogens is 338 g/mol. The maximum Gasteiger partial charge on any atom is 0.252 e. The average Bonchev–Trinajstić information content (AvgIpc) is 2.60. The molecule has 0 heterocycles. The maximum absolute atomic E-state index is 13.5. The highest BCUT2D eigenvalue weighted by Crippen LogP contribution is 2.23. The second-order valence-corrected chi connectivity index (χ2v) is 7.02. The van der Waals surface area contributed by atoms with Crippen LogP contribution in [0.5, 0.6) is 0 Å². The van der Waals surface area contributed by atoms with Gasteiger partial charge in [0.15, 0.2) is 11.6 Å². The van der Waals surface area contributed by atoms with Gasteiger partial charge < -0.3 is 10.6 Å². The minimum absolute atomic E-state index is 0.0503. The zero-order valence-corrected chi connectivity index (χ0v) is 15.2. The first-order valence-electron chi connectivity index (χ1n) is 8.21. The van der Waals surface area contributed by atoms with E-state index in [1.54, 1.807) is 12.1 Å². The molecule has 0 fully saturated rings. The van der Waals surface area contributed by atoms with Crippen molar-refractivity contribution in [1.82, 2.24) is 10.6 Å². The zero-order valence-electron chi connectivity index (χ0n) is 15.2. The van der Waals surface area contributed by atoms with Crippen molar-refractivity contribution < 1.29 is 18.4 Å². The molecule has 0 aliphatic carbocycles. The maximum atomic E-state index is 13.5. The van der Waals surface area contributed by atoms with Gasteiger partial charge in [-0.1, -0.05) is 39.0 Å². The number of halogens is 2. The first kappa shape index (κ1) is 19.6. The van der Waals surface area contributed by atoms with Crippen LogP contribution in [0.25, 0.3) is 0 Å². The van der Waals surface area contributed by atoms with E-state index in [4.69, 9.17) is 0 Å². The van der Waals surface area contributed by atoms with Gasteiger partial charge in [-0.25, -0.2) is 8.78 Å². The summed E-state index contributed by atoms with van der Waals surface area (Å²) in [6, 6.07) is 8.99. The summed E-state index contributed by atoms with van der Waals surface area (Å²) in [7, 11) is 1.40. The molecule has 138 valence electrons. The molecule has 0 aromatic heterocycles. The van der Waals surface area contributed by atoms with E-state index in [0.717, 1.165) is 17.7 Å². The molecule has 26 heavy (non-hydrogen) atoms. The summed E-state index contributed by atoms with van der Waals surface area (Å²) in [6.07, 6.45) is 0. The third-order valence-corrected chi connectivity index (χ3v) is 4.07. The summed E-state index contributed by atoms with van der Waals surface area (Å²) in [5.74, 6) is -3.12. The number of hydrogen-bond acceptors (Lipinski definition) is 2. The molecule has 1 unspecified atom stereocenters. The normalized spacial score (nSPS) is 12.4. The summed E-state index contributed by atoms with van der Waals surface area (Å²) in [4.78, 5) is 24.6. The number of rotatable bonds is 4. The van der Waals surface area contributed by atoms with Gasteiger partial charge in [-0.15, -0.1) is 0 Å². The molecule has 0 saturated carbocycles. The Bertz CT molecular complexity index is 812. The number of nitrogens with one attached hydrogen (secondary N) is 2. The first-order chi connectivity index (χ1) is 12.1. The van der Waals surface area contributed by atoms with Gasteiger partial charge in [0.05, 0.1) is 0 Å². The monoisotopic (exact) mass is 360 g/mol. The fourth-order valence-electron chi connectivity index (χ4n) is 2.47. The number of carbonyl (C=O) groups excluding carboxylic acids is 2. The molecule has 2 aromatic rings. The lowest BCUT2D eigenvalue weighted by molar-refractivity contribution is -0.122. The van der Waals surface area contributed by atoms with E-state index >= 15 is 0 Å². The molecule has 4 nitrogen and oxygen atoms in total. The average molecular weight is 360 g/mol. The SMILES string of the molecule is CNC(=O)C(NC(=O)c1ccc(C(C)(C)C)cc1)c1ccc(F)c(F)c1. The molecule has 0 aliphatic heterocycles. The van der Waals surface area contributed by atoms with Crippen LogP contribution in [0.3, 0.4) is 0 Å². The Hall–Kier alpha value is -2.76. The van der Waals surface area contributed by atoms with Gasteiger partial charge in [0.25, 0.3) is 5.91 Å². The molecule has 2 rings (SSSR count). The van der Waals surface area contributed by atoms with E-state index in [1.807, 2.05) is 12.1 Å². The van der Waals surface area contributed by atoms with Crippen molar-refractivity contribution in [3.05, 3.63) is 70.8 Å². The van der Waals surface area contributed by atoms with Gasteiger partial charge in [0, 0.05) is 12.6 Å². The van der Waals surface area contributed by atoms with E-state index in [0.29, 0.717) is 5.56 Å². The number of benzene rings is 2. The van der Waals surface area contributed by atoms with E-state index in [1.165, 1.54) is 13.1 Å². The van der Waals surface area contributed by atoms with Crippen molar-refractivity contribution in [3.63, 3.8) is 0 Å². The Morgan fingerprint density at radius 3 is 2.08 bits per heavy atom. The summed E-state index contributed by atoms with van der Waals surface area (Å²) in [5, 5.41) is 4.98. The van der Waals surface area contributed by atoms with Gasteiger partial charge in [-0.2, -0.15) is 0 Å². The van der Waals surface area contributed by atoms with Crippen LogP contribution in [0.4, 0.5) is 8.78 Å². The Morgan fingerprint density at radius 2 is 1.58 bits per heavy atom. The minimum atomic E-state index is -1.13.